The minimum absolute atomic E-state index is 0.0603. The summed E-state index contributed by atoms with van der Waals surface area (Å²) in [6, 6.07) is 10.1. The summed E-state index contributed by atoms with van der Waals surface area (Å²) in [5.74, 6) is -0.156. The maximum absolute atomic E-state index is 12.7. The number of hydrogen-bond acceptors (Lipinski definition) is 5. The van der Waals surface area contributed by atoms with Gasteiger partial charge >= 0.3 is 0 Å². The molecule has 2 aromatic rings. The highest BCUT2D eigenvalue weighted by molar-refractivity contribution is 6.29. The van der Waals surface area contributed by atoms with E-state index < -0.39 is 6.10 Å². The molecule has 0 bridgehead atoms. The van der Waals surface area contributed by atoms with Crippen LogP contribution in [-0.2, 0) is 13.0 Å². The summed E-state index contributed by atoms with van der Waals surface area (Å²) in [6.45, 7) is 2.91. The van der Waals surface area contributed by atoms with E-state index >= 15 is 0 Å². The lowest BCUT2D eigenvalue weighted by atomic mass is 9.96. The van der Waals surface area contributed by atoms with E-state index in [1.165, 1.54) is 23.5 Å². The molecule has 0 saturated carbocycles. The van der Waals surface area contributed by atoms with Crippen LogP contribution in [0.1, 0.15) is 34.5 Å². The fourth-order valence-corrected chi connectivity index (χ4v) is 4.26. The van der Waals surface area contributed by atoms with Crippen LogP contribution in [0.2, 0.25) is 5.15 Å². The summed E-state index contributed by atoms with van der Waals surface area (Å²) < 4.78 is 0. The molecule has 2 aliphatic rings. The molecule has 0 unspecified atom stereocenters. The van der Waals surface area contributed by atoms with Crippen molar-refractivity contribution in [3.63, 3.8) is 0 Å². The second-order valence-electron chi connectivity index (χ2n) is 7.22. The molecule has 4 rings (SSSR count). The Kier molecular flexibility index (Phi) is 5.38. The molecule has 0 spiro atoms. The molecule has 1 saturated heterocycles. The predicted molar refractivity (Wildman–Crippen MR) is 103 cm³/mol. The first kappa shape index (κ1) is 18.3. The van der Waals surface area contributed by atoms with E-state index in [-0.39, 0.29) is 17.1 Å². The van der Waals surface area contributed by atoms with Gasteiger partial charge in [0, 0.05) is 38.3 Å². The third-order valence-electron chi connectivity index (χ3n) is 5.60. The number of aliphatic hydroxyl groups is 1. The van der Waals surface area contributed by atoms with E-state index in [9.17, 15) is 9.90 Å². The predicted octanol–water partition coefficient (Wildman–Crippen LogP) is 2.15. The quantitative estimate of drug-likeness (QED) is 0.801. The van der Waals surface area contributed by atoms with Crippen molar-refractivity contribution in [2.24, 2.45) is 0 Å². The Morgan fingerprint density at radius 1 is 1.11 bits per heavy atom. The van der Waals surface area contributed by atoms with Gasteiger partial charge in [0.15, 0.2) is 0 Å². The van der Waals surface area contributed by atoms with Crippen molar-refractivity contribution in [2.75, 3.05) is 19.6 Å². The molecule has 3 heterocycles. The number of amides is 1. The van der Waals surface area contributed by atoms with Crippen LogP contribution in [0, 0.1) is 0 Å². The zero-order valence-electron chi connectivity index (χ0n) is 15.1. The van der Waals surface area contributed by atoms with Crippen molar-refractivity contribution in [3.8, 4) is 0 Å². The maximum Gasteiger partial charge on any atom is 0.272 e. The van der Waals surface area contributed by atoms with Gasteiger partial charge in [-0.05, 0) is 30.4 Å². The largest absolute Gasteiger partial charge is 0.391 e. The lowest BCUT2D eigenvalue weighted by molar-refractivity contribution is 0.0394. The van der Waals surface area contributed by atoms with Crippen LogP contribution in [-0.4, -0.2) is 62.6 Å². The Balaban J connectivity index is 1.45. The number of nitrogens with zero attached hydrogens (tertiary/aromatic N) is 4. The van der Waals surface area contributed by atoms with Gasteiger partial charge in [0.25, 0.3) is 5.91 Å². The Bertz CT molecular complexity index is 831. The van der Waals surface area contributed by atoms with Crippen molar-refractivity contribution in [2.45, 2.75) is 38.0 Å². The molecule has 0 radical (unpaired) electrons. The maximum atomic E-state index is 12.7. The van der Waals surface area contributed by atoms with Crippen LogP contribution in [0.5, 0.6) is 0 Å². The number of fused-ring (bicyclic) bond motifs is 1. The molecule has 2 atom stereocenters. The van der Waals surface area contributed by atoms with Gasteiger partial charge in [0.05, 0.1) is 6.10 Å². The van der Waals surface area contributed by atoms with Crippen LogP contribution < -0.4 is 0 Å². The summed E-state index contributed by atoms with van der Waals surface area (Å²) in [7, 11) is 0. The smallest absolute Gasteiger partial charge is 0.272 e. The monoisotopic (exact) mass is 386 g/mol. The van der Waals surface area contributed by atoms with E-state index in [1.807, 2.05) is 0 Å². The Hall–Kier alpha value is -2.02. The summed E-state index contributed by atoms with van der Waals surface area (Å²) in [5.41, 5.74) is 3.04. The molecular formula is C20H23ClN4O2. The number of halogens is 1. The molecule has 2 aliphatic heterocycles. The highest BCUT2D eigenvalue weighted by atomic mass is 35.5. The molecule has 1 aromatic carbocycles. The van der Waals surface area contributed by atoms with Crippen LogP contribution in [0.4, 0.5) is 0 Å². The number of benzene rings is 1. The molecule has 6 nitrogen and oxygen atoms in total. The second-order valence-corrected chi connectivity index (χ2v) is 7.61. The molecule has 142 valence electrons. The first-order chi connectivity index (χ1) is 13.1. The van der Waals surface area contributed by atoms with Crippen LogP contribution in [0.25, 0.3) is 0 Å². The standard InChI is InChI=1S/C20H23ClN4O2/c21-19-11-16(22-13-23-19)20(27)24-9-6-17(18(26)7-10-24)25-8-5-14-3-1-2-4-15(14)12-25/h1-4,11,13,17-18,26H,5-10,12H2/t17-,18-/m1/s1. The zero-order valence-corrected chi connectivity index (χ0v) is 15.8. The number of aliphatic hydroxyl groups excluding tert-OH is 1. The first-order valence-corrected chi connectivity index (χ1v) is 9.75. The van der Waals surface area contributed by atoms with Gasteiger partial charge in [-0.2, -0.15) is 0 Å². The van der Waals surface area contributed by atoms with Gasteiger partial charge in [-0.1, -0.05) is 35.9 Å². The lowest BCUT2D eigenvalue weighted by Crippen LogP contribution is -2.46. The molecule has 1 amide bonds. The molecule has 1 fully saturated rings. The third-order valence-corrected chi connectivity index (χ3v) is 5.81. The van der Waals surface area contributed by atoms with Gasteiger partial charge in [0.2, 0.25) is 0 Å². The summed E-state index contributed by atoms with van der Waals surface area (Å²) >= 11 is 5.88. The number of carbonyl (C=O) groups excluding carboxylic acids is 1. The average molecular weight is 387 g/mol. The summed E-state index contributed by atoms with van der Waals surface area (Å²) in [6.07, 6.45) is 3.17. The van der Waals surface area contributed by atoms with Gasteiger partial charge in [0.1, 0.15) is 17.2 Å². The molecule has 0 aliphatic carbocycles. The summed E-state index contributed by atoms with van der Waals surface area (Å²) in [5, 5.41) is 11.0. The van der Waals surface area contributed by atoms with Crippen molar-refractivity contribution >= 4 is 17.5 Å². The van der Waals surface area contributed by atoms with Crippen LogP contribution >= 0.6 is 11.6 Å². The molecule has 1 aromatic heterocycles. The lowest BCUT2D eigenvalue weighted by Gasteiger charge is -2.37. The minimum atomic E-state index is -0.443. The van der Waals surface area contributed by atoms with Gasteiger partial charge in [-0.15, -0.1) is 0 Å². The van der Waals surface area contributed by atoms with Gasteiger partial charge in [-0.3, -0.25) is 9.69 Å². The topological polar surface area (TPSA) is 69.6 Å². The van der Waals surface area contributed by atoms with E-state index in [2.05, 4.69) is 39.1 Å². The normalized spacial score (nSPS) is 23.6. The second kappa shape index (κ2) is 7.92. The SMILES string of the molecule is O=C(c1cc(Cl)ncn1)N1CC[C@@H](O)[C@H](N2CCc3ccccc3C2)CC1. The molecule has 1 N–H and O–H groups in total. The Labute approximate surface area is 163 Å². The van der Waals surface area contributed by atoms with E-state index in [0.29, 0.717) is 25.2 Å². The van der Waals surface area contributed by atoms with E-state index in [4.69, 9.17) is 11.6 Å². The fourth-order valence-electron chi connectivity index (χ4n) is 4.11. The fraction of sp³-hybridized carbons (Fsp3) is 0.450. The Morgan fingerprint density at radius 2 is 1.89 bits per heavy atom. The number of likely N-dealkylation sites (tertiary alicyclic amines) is 1. The number of rotatable bonds is 2. The summed E-state index contributed by atoms with van der Waals surface area (Å²) in [4.78, 5) is 24.7. The minimum Gasteiger partial charge on any atom is -0.391 e. The van der Waals surface area contributed by atoms with E-state index in [1.54, 1.807) is 4.90 Å². The van der Waals surface area contributed by atoms with Crippen LogP contribution in [0.15, 0.2) is 36.7 Å². The first-order valence-electron chi connectivity index (χ1n) is 9.37. The van der Waals surface area contributed by atoms with Crippen molar-refractivity contribution < 1.29 is 9.90 Å². The molecular weight excluding hydrogens is 364 g/mol. The van der Waals surface area contributed by atoms with Gasteiger partial charge < -0.3 is 10.0 Å². The average Bonchev–Trinajstić information content (AvgIpc) is 2.89. The highest BCUT2D eigenvalue weighted by Gasteiger charge is 2.33. The van der Waals surface area contributed by atoms with Crippen molar-refractivity contribution in [1.29, 1.82) is 0 Å². The van der Waals surface area contributed by atoms with E-state index in [0.717, 1.165) is 25.9 Å². The van der Waals surface area contributed by atoms with Crippen LogP contribution in [0.3, 0.4) is 0 Å². The van der Waals surface area contributed by atoms with Crippen molar-refractivity contribution in [3.05, 3.63) is 58.6 Å². The molecule has 7 heteroatoms. The number of carbonyl (C=O) groups is 1. The third kappa shape index (κ3) is 3.98. The number of hydrogen-bond donors (Lipinski definition) is 1. The number of aromatic nitrogens is 2. The highest BCUT2D eigenvalue weighted by Crippen LogP contribution is 2.25. The zero-order chi connectivity index (χ0) is 18.8. The Morgan fingerprint density at radius 3 is 2.70 bits per heavy atom. The van der Waals surface area contributed by atoms with Crippen molar-refractivity contribution in [1.82, 2.24) is 19.8 Å². The van der Waals surface area contributed by atoms with Gasteiger partial charge in [-0.25, -0.2) is 9.97 Å². The molecule has 27 heavy (non-hydrogen) atoms.